The Morgan fingerprint density at radius 1 is 1.07 bits per heavy atom. The quantitative estimate of drug-likeness (QED) is 0.381. The minimum Gasteiger partial charge on any atom is -0.494 e. The van der Waals surface area contributed by atoms with Gasteiger partial charge in [-0.15, -0.1) is 0 Å². The summed E-state index contributed by atoms with van der Waals surface area (Å²) in [7, 11) is 0. The number of carboxylic acid groups (broad SMARTS) is 1. The van der Waals surface area contributed by atoms with Crippen molar-refractivity contribution in [3.63, 3.8) is 0 Å². The molecule has 0 aliphatic carbocycles. The van der Waals surface area contributed by atoms with Gasteiger partial charge in [-0.2, -0.15) is 0 Å². The van der Waals surface area contributed by atoms with E-state index in [0.29, 0.717) is 6.61 Å². The Morgan fingerprint density at radius 3 is 2.52 bits per heavy atom. The highest BCUT2D eigenvalue weighted by molar-refractivity contribution is 6.04. The predicted octanol–water partition coefficient (Wildman–Crippen LogP) is 4.77. The van der Waals surface area contributed by atoms with Gasteiger partial charge in [0, 0.05) is 6.08 Å². The number of hydrogen-bond donors (Lipinski definition) is 2. The van der Waals surface area contributed by atoms with Crippen LogP contribution in [0.5, 0.6) is 5.75 Å². The van der Waals surface area contributed by atoms with Gasteiger partial charge < -0.3 is 15.2 Å². The van der Waals surface area contributed by atoms with Crippen LogP contribution in [-0.4, -0.2) is 23.6 Å². The molecule has 5 heteroatoms. The lowest BCUT2D eigenvalue weighted by Gasteiger charge is -2.05. The first-order chi connectivity index (χ1) is 13.1. The van der Waals surface area contributed by atoms with E-state index >= 15 is 0 Å². The highest BCUT2D eigenvalue weighted by atomic mass is 16.5. The van der Waals surface area contributed by atoms with E-state index in [4.69, 9.17) is 9.84 Å². The lowest BCUT2D eigenvalue weighted by atomic mass is 10.2. The molecule has 0 aliphatic heterocycles. The van der Waals surface area contributed by atoms with Gasteiger partial charge in [0.25, 0.3) is 0 Å². The monoisotopic (exact) mass is 365 g/mol. The third-order valence-corrected chi connectivity index (χ3v) is 3.71. The van der Waals surface area contributed by atoms with Gasteiger partial charge in [-0.3, -0.25) is 4.79 Å². The molecule has 0 atom stereocenters. The van der Waals surface area contributed by atoms with Crippen molar-refractivity contribution in [1.29, 1.82) is 0 Å². The average molecular weight is 365 g/mol. The van der Waals surface area contributed by atoms with Crippen molar-refractivity contribution in [3.05, 3.63) is 77.9 Å². The lowest BCUT2D eigenvalue weighted by molar-refractivity contribution is -0.111. The molecular formula is C22H23NO4. The normalized spacial score (nSPS) is 11.0. The molecule has 2 aromatic rings. The zero-order valence-electron chi connectivity index (χ0n) is 15.2. The Hall–Kier alpha value is -3.34. The van der Waals surface area contributed by atoms with Crippen molar-refractivity contribution in [2.75, 3.05) is 11.9 Å². The van der Waals surface area contributed by atoms with Crippen molar-refractivity contribution in [2.45, 2.75) is 19.8 Å². The number of nitrogens with one attached hydrogen (secondary N) is 1. The molecule has 0 saturated heterocycles. The number of carbonyl (C=O) groups excluding carboxylic acids is 1. The van der Waals surface area contributed by atoms with E-state index in [1.165, 1.54) is 12.1 Å². The van der Waals surface area contributed by atoms with E-state index in [0.717, 1.165) is 24.2 Å². The Labute approximate surface area is 159 Å². The fourth-order valence-corrected chi connectivity index (χ4v) is 2.27. The molecule has 0 fully saturated rings. The van der Waals surface area contributed by atoms with Crippen LogP contribution in [0.4, 0.5) is 5.69 Å². The number of amides is 1. The number of rotatable bonds is 9. The molecule has 0 heterocycles. The average Bonchev–Trinajstić information content (AvgIpc) is 2.67. The molecule has 2 rings (SSSR count). The van der Waals surface area contributed by atoms with Crippen LogP contribution in [0.2, 0.25) is 0 Å². The van der Waals surface area contributed by atoms with Crippen molar-refractivity contribution in [3.8, 4) is 5.75 Å². The van der Waals surface area contributed by atoms with Crippen LogP contribution in [0.1, 0.15) is 35.7 Å². The van der Waals surface area contributed by atoms with Crippen LogP contribution in [0.15, 0.2) is 66.8 Å². The first-order valence-electron chi connectivity index (χ1n) is 8.81. The molecule has 0 spiro atoms. The first-order valence-corrected chi connectivity index (χ1v) is 8.81. The van der Waals surface area contributed by atoms with Crippen LogP contribution in [0.25, 0.3) is 6.08 Å². The van der Waals surface area contributed by atoms with Crippen LogP contribution < -0.4 is 10.1 Å². The molecule has 0 radical (unpaired) electrons. The van der Waals surface area contributed by atoms with Crippen molar-refractivity contribution in [1.82, 2.24) is 0 Å². The van der Waals surface area contributed by atoms with E-state index in [-0.39, 0.29) is 11.3 Å². The van der Waals surface area contributed by atoms with Crippen LogP contribution in [0.3, 0.4) is 0 Å². The van der Waals surface area contributed by atoms with E-state index in [2.05, 4.69) is 12.2 Å². The van der Waals surface area contributed by atoms with E-state index in [1.54, 1.807) is 30.4 Å². The smallest absolute Gasteiger partial charge is 0.337 e. The maximum Gasteiger partial charge on any atom is 0.337 e. The van der Waals surface area contributed by atoms with Gasteiger partial charge in [0.1, 0.15) is 5.75 Å². The second-order valence-electron chi connectivity index (χ2n) is 5.83. The standard InChI is InChI=1S/C22H23NO4/c1-2-3-16-27-18-14-12-17(13-15-18)8-4-7-11-21(24)23-20-10-6-5-9-19(20)22(25)26/h4-15H,2-3,16H2,1H3,(H,23,24)(H,25,26)/b8-4+,11-7+. The highest BCUT2D eigenvalue weighted by Gasteiger charge is 2.09. The number of carbonyl (C=O) groups is 2. The second kappa shape index (κ2) is 10.6. The summed E-state index contributed by atoms with van der Waals surface area (Å²) in [5, 5.41) is 11.7. The lowest BCUT2D eigenvalue weighted by Crippen LogP contribution is -2.11. The summed E-state index contributed by atoms with van der Waals surface area (Å²) >= 11 is 0. The van der Waals surface area contributed by atoms with E-state index in [1.807, 2.05) is 30.3 Å². The summed E-state index contributed by atoms with van der Waals surface area (Å²) in [5.74, 6) is -0.641. The summed E-state index contributed by atoms with van der Waals surface area (Å²) in [4.78, 5) is 23.1. The summed E-state index contributed by atoms with van der Waals surface area (Å²) in [6.07, 6.45) is 8.69. The molecule has 2 aromatic carbocycles. The summed E-state index contributed by atoms with van der Waals surface area (Å²) in [6.45, 7) is 2.84. The van der Waals surface area contributed by atoms with Gasteiger partial charge in [-0.25, -0.2) is 4.79 Å². The Balaban J connectivity index is 1.87. The number of hydrogen-bond acceptors (Lipinski definition) is 3. The molecule has 0 unspecified atom stereocenters. The summed E-state index contributed by atoms with van der Waals surface area (Å²) < 4.78 is 5.61. The number of aromatic carboxylic acids is 1. The number of carboxylic acids is 1. The van der Waals surface area contributed by atoms with Gasteiger partial charge in [0.2, 0.25) is 5.91 Å². The number of allylic oxidation sites excluding steroid dienone is 2. The molecule has 0 aromatic heterocycles. The topological polar surface area (TPSA) is 75.6 Å². The van der Waals surface area contributed by atoms with Crippen LogP contribution in [-0.2, 0) is 4.79 Å². The number of para-hydroxylation sites is 1. The van der Waals surface area contributed by atoms with Gasteiger partial charge >= 0.3 is 5.97 Å². The van der Waals surface area contributed by atoms with Gasteiger partial charge in [0.05, 0.1) is 17.9 Å². The highest BCUT2D eigenvalue weighted by Crippen LogP contribution is 2.15. The maximum atomic E-state index is 11.9. The molecule has 0 saturated carbocycles. The third-order valence-electron chi connectivity index (χ3n) is 3.71. The molecule has 1 amide bonds. The number of unbranched alkanes of at least 4 members (excludes halogenated alkanes) is 1. The molecule has 0 bridgehead atoms. The third kappa shape index (κ3) is 6.82. The van der Waals surface area contributed by atoms with E-state index in [9.17, 15) is 9.59 Å². The molecule has 27 heavy (non-hydrogen) atoms. The first kappa shape index (κ1) is 20.0. The fourth-order valence-electron chi connectivity index (χ4n) is 2.27. The van der Waals surface area contributed by atoms with Crippen molar-refractivity contribution < 1.29 is 19.4 Å². The SMILES string of the molecule is CCCCOc1ccc(/C=C/C=C/C(=O)Nc2ccccc2C(=O)O)cc1. The van der Waals surface area contributed by atoms with Crippen LogP contribution in [0, 0.1) is 0 Å². The minimum absolute atomic E-state index is 0.0519. The predicted molar refractivity (Wildman–Crippen MR) is 107 cm³/mol. The molecule has 2 N–H and O–H groups in total. The number of ether oxygens (including phenoxy) is 1. The second-order valence-corrected chi connectivity index (χ2v) is 5.83. The maximum absolute atomic E-state index is 11.9. The number of anilines is 1. The van der Waals surface area contributed by atoms with Gasteiger partial charge in [-0.1, -0.05) is 55.8 Å². The largest absolute Gasteiger partial charge is 0.494 e. The zero-order valence-corrected chi connectivity index (χ0v) is 15.2. The molecule has 5 nitrogen and oxygen atoms in total. The van der Waals surface area contributed by atoms with Crippen LogP contribution >= 0.6 is 0 Å². The van der Waals surface area contributed by atoms with Crippen molar-refractivity contribution >= 4 is 23.6 Å². The summed E-state index contributed by atoms with van der Waals surface area (Å²) in [6, 6.07) is 14.0. The van der Waals surface area contributed by atoms with Gasteiger partial charge in [0.15, 0.2) is 0 Å². The summed E-state index contributed by atoms with van der Waals surface area (Å²) in [5.41, 5.74) is 1.30. The molecular weight excluding hydrogens is 342 g/mol. The molecule has 0 aliphatic rings. The zero-order chi connectivity index (χ0) is 19.5. The van der Waals surface area contributed by atoms with Crippen molar-refractivity contribution in [2.24, 2.45) is 0 Å². The fraction of sp³-hybridized carbons (Fsp3) is 0.182. The Bertz CT molecular complexity index is 822. The number of benzene rings is 2. The molecule has 140 valence electrons. The Kier molecular flexibility index (Phi) is 7.85. The Morgan fingerprint density at radius 2 is 1.81 bits per heavy atom. The minimum atomic E-state index is -1.09. The van der Waals surface area contributed by atoms with Gasteiger partial charge in [-0.05, 0) is 36.2 Å². The van der Waals surface area contributed by atoms with E-state index < -0.39 is 11.9 Å².